The number of anilines is 2. The molecule has 0 bridgehead atoms. The standard InChI is InChI=1S/C24H30N4O/c1-17(2)28(18(3)4)15-14-26-24(29)20-9-7-10-21(16-20)27-23-22-11-6-5-8-19(22)12-13-25-23/h5-13,16-18H,14-15H2,1-4H3,(H,25,27)(H,26,29). The summed E-state index contributed by atoms with van der Waals surface area (Å²) >= 11 is 0. The molecule has 3 aromatic rings. The lowest BCUT2D eigenvalue weighted by atomic mass is 10.1. The third kappa shape index (κ3) is 5.33. The van der Waals surface area contributed by atoms with Gasteiger partial charge >= 0.3 is 0 Å². The van der Waals surface area contributed by atoms with Crippen LogP contribution in [0.15, 0.2) is 60.8 Å². The van der Waals surface area contributed by atoms with Gasteiger partial charge in [-0.3, -0.25) is 9.69 Å². The molecule has 0 saturated heterocycles. The monoisotopic (exact) mass is 390 g/mol. The molecule has 152 valence electrons. The lowest BCUT2D eigenvalue weighted by molar-refractivity contribution is 0.0939. The van der Waals surface area contributed by atoms with Crippen LogP contribution in [0.5, 0.6) is 0 Å². The molecule has 0 unspecified atom stereocenters. The van der Waals surface area contributed by atoms with Crippen molar-refractivity contribution in [1.29, 1.82) is 0 Å². The van der Waals surface area contributed by atoms with Crippen molar-refractivity contribution in [2.24, 2.45) is 0 Å². The van der Waals surface area contributed by atoms with Crippen LogP contribution in [0.4, 0.5) is 11.5 Å². The Bertz CT molecular complexity index is 955. The van der Waals surface area contributed by atoms with Crippen molar-refractivity contribution in [3.8, 4) is 0 Å². The quantitative estimate of drug-likeness (QED) is 0.579. The normalized spacial score (nSPS) is 11.4. The van der Waals surface area contributed by atoms with Crippen LogP contribution in [0.25, 0.3) is 10.8 Å². The van der Waals surface area contributed by atoms with Crippen LogP contribution >= 0.6 is 0 Å². The van der Waals surface area contributed by atoms with Crippen molar-refractivity contribution in [2.75, 3.05) is 18.4 Å². The minimum absolute atomic E-state index is 0.0630. The molecule has 0 atom stereocenters. The minimum Gasteiger partial charge on any atom is -0.351 e. The molecule has 0 saturated carbocycles. The number of amides is 1. The van der Waals surface area contributed by atoms with Crippen molar-refractivity contribution < 1.29 is 4.79 Å². The Morgan fingerprint density at radius 1 is 1.00 bits per heavy atom. The highest BCUT2D eigenvalue weighted by Crippen LogP contribution is 2.24. The fraction of sp³-hybridized carbons (Fsp3) is 0.333. The van der Waals surface area contributed by atoms with Crippen LogP contribution in [-0.2, 0) is 0 Å². The molecule has 1 amide bonds. The van der Waals surface area contributed by atoms with Crippen LogP contribution in [0.1, 0.15) is 38.1 Å². The van der Waals surface area contributed by atoms with Crippen LogP contribution in [0.3, 0.4) is 0 Å². The average molecular weight is 391 g/mol. The summed E-state index contributed by atoms with van der Waals surface area (Å²) in [5, 5.41) is 8.56. The van der Waals surface area contributed by atoms with E-state index >= 15 is 0 Å². The molecule has 1 aromatic heterocycles. The lowest BCUT2D eigenvalue weighted by Gasteiger charge is -2.30. The number of nitrogens with one attached hydrogen (secondary N) is 2. The van der Waals surface area contributed by atoms with Gasteiger partial charge in [0.1, 0.15) is 5.82 Å². The van der Waals surface area contributed by atoms with Gasteiger partial charge in [-0.25, -0.2) is 4.98 Å². The lowest BCUT2D eigenvalue weighted by Crippen LogP contribution is -2.42. The molecule has 0 aliphatic heterocycles. The zero-order valence-electron chi connectivity index (χ0n) is 17.6. The zero-order chi connectivity index (χ0) is 20.8. The minimum atomic E-state index is -0.0630. The molecule has 0 fully saturated rings. The third-order valence-corrected chi connectivity index (χ3v) is 5.04. The number of carbonyl (C=O) groups excluding carboxylic acids is 1. The van der Waals surface area contributed by atoms with Gasteiger partial charge in [0.15, 0.2) is 0 Å². The number of nitrogens with zero attached hydrogens (tertiary/aromatic N) is 2. The second-order valence-corrected chi connectivity index (χ2v) is 7.77. The fourth-order valence-corrected chi connectivity index (χ4v) is 3.61. The van der Waals surface area contributed by atoms with Crippen LogP contribution in [0, 0.1) is 0 Å². The van der Waals surface area contributed by atoms with E-state index in [1.807, 2.05) is 48.5 Å². The van der Waals surface area contributed by atoms with Crippen LogP contribution in [0.2, 0.25) is 0 Å². The summed E-state index contributed by atoms with van der Waals surface area (Å²) < 4.78 is 0. The molecule has 5 nitrogen and oxygen atoms in total. The first-order chi connectivity index (χ1) is 14.0. The summed E-state index contributed by atoms with van der Waals surface area (Å²) in [6.07, 6.45) is 1.79. The smallest absolute Gasteiger partial charge is 0.251 e. The van der Waals surface area contributed by atoms with Crippen molar-refractivity contribution in [1.82, 2.24) is 15.2 Å². The maximum absolute atomic E-state index is 12.6. The molecule has 0 radical (unpaired) electrons. The number of aromatic nitrogens is 1. The first-order valence-corrected chi connectivity index (χ1v) is 10.2. The second kappa shape index (κ2) is 9.52. The van der Waals surface area contributed by atoms with E-state index in [-0.39, 0.29) is 5.91 Å². The van der Waals surface area contributed by atoms with Gasteiger partial charge in [-0.05, 0) is 57.3 Å². The largest absolute Gasteiger partial charge is 0.351 e. The average Bonchev–Trinajstić information content (AvgIpc) is 2.71. The highest BCUT2D eigenvalue weighted by molar-refractivity contribution is 5.96. The summed E-state index contributed by atoms with van der Waals surface area (Å²) in [4.78, 5) is 19.4. The van der Waals surface area contributed by atoms with Gasteiger partial charge in [-0.15, -0.1) is 0 Å². The van der Waals surface area contributed by atoms with Crippen molar-refractivity contribution in [2.45, 2.75) is 39.8 Å². The van der Waals surface area contributed by atoms with Crippen LogP contribution < -0.4 is 10.6 Å². The van der Waals surface area contributed by atoms with Gasteiger partial charge in [-0.1, -0.05) is 30.3 Å². The number of hydrogen-bond acceptors (Lipinski definition) is 4. The summed E-state index contributed by atoms with van der Waals surface area (Å²) in [5.74, 6) is 0.720. The maximum Gasteiger partial charge on any atom is 0.251 e. The van der Waals surface area contributed by atoms with E-state index in [0.717, 1.165) is 28.8 Å². The third-order valence-electron chi connectivity index (χ3n) is 5.04. The van der Waals surface area contributed by atoms with E-state index < -0.39 is 0 Å². The molecule has 2 N–H and O–H groups in total. The van der Waals surface area contributed by atoms with Crippen molar-refractivity contribution >= 4 is 28.2 Å². The Labute approximate surface area is 173 Å². The Morgan fingerprint density at radius 2 is 1.76 bits per heavy atom. The molecule has 0 aliphatic carbocycles. The Kier molecular flexibility index (Phi) is 6.83. The predicted molar refractivity (Wildman–Crippen MR) is 121 cm³/mol. The topological polar surface area (TPSA) is 57.3 Å². The SMILES string of the molecule is CC(C)N(CCNC(=O)c1cccc(Nc2nccc3ccccc23)c1)C(C)C. The summed E-state index contributed by atoms with van der Waals surface area (Å²) in [6, 6.07) is 18.5. The number of fused-ring (bicyclic) bond motifs is 1. The van der Waals surface area contributed by atoms with Gasteiger partial charge in [0.25, 0.3) is 5.91 Å². The molecule has 3 rings (SSSR count). The fourth-order valence-electron chi connectivity index (χ4n) is 3.61. The number of carbonyl (C=O) groups is 1. The number of hydrogen-bond donors (Lipinski definition) is 2. The van der Waals surface area contributed by atoms with Gasteiger partial charge in [0.2, 0.25) is 0 Å². The second-order valence-electron chi connectivity index (χ2n) is 7.77. The summed E-state index contributed by atoms with van der Waals surface area (Å²) in [6.45, 7) is 10.2. The molecule has 0 aliphatic rings. The summed E-state index contributed by atoms with van der Waals surface area (Å²) in [7, 11) is 0. The zero-order valence-corrected chi connectivity index (χ0v) is 17.6. The van der Waals surface area contributed by atoms with E-state index in [4.69, 9.17) is 0 Å². The van der Waals surface area contributed by atoms with Crippen molar-refractivity contribution in [3.63, 3.8) is 0 Å². The molecular weight excluding hydrogens is 360 g/mol. The van der Waals surface area contributed by atoms with Gasteiger partial charge in [0, 0.05) is 48.0 Å². The van der Waals surface area contributed by atoms with Gasteiger partial charge in [-0.2, -0.15) is 0 Å². The number of benzene rings is 2. The van der Waals surface area contributed by atoms with E-state index in [1.165, 1.54) is 0 Å². The van der Waals surface area contributed by atoms with E-state index in [2.05, 4.69) is 54.3 Å². The Morgan fingerprint density at radius 3 is 2.52 bits per heavy atom. The Balaban J connectivity index is 1.67. The van der Waals surface area contributed by atoms with E-state index in [9.17, 15) is 4.79 Å². The first-order valence-electron chi connectivity index (χ1n) is 10.2. The highest BCUT2D eigenvalue weighted by Gasteiger charge is 2.14. The molecular formula is C24H30N4O. The summed E-state index contributed by atoms with van der Waals surface area (Å²) in [5.41, 5.74) is 1.48. The molecule has 5 heteroatoms. The van der Waals surface area contributed by atoms with Crippen molar-refractivity contribution in [3.05, 3.63) is 66.4 Å². The molecule has 0 spiro atoms. The molecule has 2 aromatic carbocycles. The highest BCUT2D eigenvalue weighted by atomic mass is 16.1. The number of pyridine rings is 1. The maximum atomic E-state index is 12.6. The van der Waals surface area contributed by atoms with Crippen LogP contribution in [-0.4, -0.2) is 41.0 Å². The van der Waals surface area contributed by atoms with Gasteiger partial charge < -0.3 is 10.6 Å². The predicted octanol–water partition coefficient (Wildman–Crippen LogP) is 4.83. The van der Waals surface area contributed by atoms with E-state index in [1.54, 1.807) is 6.20 Å². The van der Waals surface area contributed by atoms with Gasteiger partial charge in [0.05, 0.1) is 0 Å². The molecule has 1 heterocycles. The number of rotatable bonds is 8. The molecule has 29 heavy (non-hydrogen) atoms. The Hall–Kier alpha value is -2.92. The first kappa shape index (κ1) is 20.8. The van der Waals surface area contributed by atoms with E-state index in [0.29, 0.717) is 24.2 Å².